The van der Waals surface area contributed by atoms with E-state index in [1.165, 1.54) is 18.2 Å². The molecule has 0 heterocycles. The van der Waals surface area contributed by atoms with Crippen LogP contribution >= 0.6 is 0 Å². The molecule has 0 aliphatic rings. The smallest absolute Gasteiger partial charge is 0.354 e. The van der Waals surface area contributed by atoms with Crippen molar-refractivity contribution in [3.8, 4) is 0 Å². The Morgan fingerprint density at radius 3 is 2.37 bits per heavy atom. The number of carbonyl (C=O) groups excluding carboxylic acids is 3. The molecule has 0 radical (unpaired) electrons. The van der Waals surface area contributed by atoms with Crippen molar-refractivity contribution in [1.29, 1.82) is 0 Å². The van der Waals surface area contributed by atoms with Crippen LogP contribution in [0.3, 0.4) is 0 Å². The maximum absolute atomic E-state index is 12.3. The number of benzene rings is 2. The van der Waals surface area contributed by atoms with Crippen molar-refractivity contribution in [2.45, 2.75) is 6.42 Å². The number of nitrogens with zero attached hydrogens (tertiary/aromatic N) is 2. The molecule has 0 fully saturated rings. The zero-order valence-electron chi connectivity index (χ0n) is 14.2. The van der Waals surface area contributed by atoms with E-state index in [1.807, 2.05) is 0 Å². The van der Waals surface area contributed by atoms with E-state index in [2.05, 4.69) is 15.3 Å². The summed E-state index contributed by atoms with van der Waals surface area (Å²) in [5, 5.41) is 14.5. The first kappa shape index (κ1) is 19.4. The Kier molecular flexibility index (Phi) is 6.48. The molecule has 9 nitrogen and oxygen atoms in total. The molecule has 27 heavy (non-hydrogen) atoms. The van der Waals surface area contributed by atoms with Gasteiger partial charge in [0.15, 0.2) is 11.5 Å². The fourth-order valence-corrected chi connectivity index (χ4v) is 2.09. The Morgan fingerprint density at radius 1 is 1.07 bits per heavy atom. The summed E-state index contributed by atoms with van der Waals surface area (Å²) in [6, 6.07) is 13.2. The zero-order chi connectivity index (χ0) is 19.8. The van der Waals surface area contributed by atoms with Gasteiger partial charge in [-0.05, 0) is 12.1 Å². The number of Topliss-reactive ketones (excluding diaryl/α,β-unsaturated/α-hetero) is 1. The van der Waals surface area contributed by atoms with Crippen LogP contribution in [0.1, 0.15) is 27.1 Å². The number of ketones is 1. The minimum Gasteiger partial charge on any atom is -0.464 e. The van der Waals surface area contributed by atoms with Gasteiger partial charge in [-0.25, -0.2) is 10.2 Å². The third kappa shape index (κ3) is 5.30. The van der Waals surface area contributed by atoms with Crippen molar-refractivity contribution in [3.63, 3.8) is 0 Å². The molecule has 1 N–H and O–H groups in total. The Bertz CT molecular complexity index is 908. The minimum atomic E-state index is -0.901. The van der Waals surface area contributed by atoms with E-state index in [0.29, 0.717) is 5.56 Å². The molecule has 2 rings (SSSR count). The van der Waals surface area contributed by atoms with Gasteiger partial charge in [0.2, 0.25) is 0 Å². The van der Waals surface area contributed by atoms with Crippen LogP contribution < -0.4 is 5.43 Å². The fourth-order valence-electron chi connectivity index (χ4n) is 2.09. The number of hydrogen-bond donors (Lipinski definition) is 1. The number of rotatable bonds is 7. The van der Waals surface area contributed by atoms with Crippen molar-refractivity contribution >= 4 is 29.1 Å². The van der Waals surface area contributed by atoms with E-state index in [-0.39, 0.29) is 17.0 Å². The van der Waals surface area contributed by atoms with Crippen LogP contribution in [0.5, 0.6) is 0 Å². The average molecular weight is 369 g/mol. The van der Waals surface area contributed by atoms with Gasteiger partial charge in [0.25, 0.3) is 11.6 Å². The van der Waals surface area contributed by atoms with Gasteiger partial charge < -0.3 is 4.74 Å². The molecule has 0 bridgehead atoms. The molecule has 9 heteroatoms. The van der Waals surface area contributed by atoms with Crippen LogP contribution in [-0.2, 0) is 9.53 Å². The van der Waals surface area contributed by atoms with Gasteiger partial charge in [-0.1, -0.05) is 30.3 Å². The number of carbonyl (C=O) groups is 3. The summed E-state index contributed by atoms with van der Waals surface area (Å²) in [7, 11) is 1.11. The van der Waals surface area contributed by atoms with Crippen LogP contribution in [0, 0.1) is 10.1 Å². The van der Waals surface area contributed by atoms with Gasteiger partial charge in [0.05, 0.1) is 18.5 Å². The highest BCUT2D eigenvalue weighted by Gasteiger charge is 2.20. The summed E-state index contributed by atoms with van der Waals surface area (Å²) >= 11 is 0. The van der Waals surface area contributed by atoms with E-state index < -0.39 is 29.0 Å². The summed E-state index contributed by atoms with van der Waals surface area (Å²) in [5.74, 6) is -2.06. The highest BCUT2D eigenvalue weighted by molar-refractivity contribution is 6.40. The first-order valence-corrected chi connectivity index (χ1v) is 7.70. The molecule has 138 valence electrons. The molecule has 1 amide bonds. The lowest BCUT2D eigenvalue weighted by molar-refractivity contribution is -0.384. The first-order valence-electron chi connectivity index (χ1n) is 7.70. The average Bonchev–Trinajstić information content (AvgIpc) is 2.70. The molecule has 0 atom stereocenters. The third-order valence-electron chi connectivity index (χ3n) is 3.46. The lowest BCUT2D eigenvalue weighted by Gasteiger charge is -2.06. The maximum Gasteiger partial charge on any atom is 0.354 e. The van der Waals surface area contributed by atoms with Crippen LogP contribution in [0.4, 0.5) is 5.69 Å². The molecule has 0 spiro atoms. The number of ether oxygens (including phenoxy) is 1. The van der Waals surface area contributed by atoms with E-state index in [4.69, 9.17) is 0 Å². The molecule has 0 saturated carbocycles. The minimum absolute atomic E-state index is 0.0372. The van der Waals surface area contributed by atoms with Gasteiger partial charge >= 0.3 is 5.97 Å². The summed E-state index contributed by atoms with van der Waals surface area (Å²) in [6.07, 6.45) is -0.497. The molecule has 2 aromatic carbocycles. The molecule has 0 unspecified atom stereocenters. The van der Waals surface area contributed by atoms with Crippen LogP contribution in [-0.4, -0.2) is 35.4 Å². The summed E-state index contributed by atoms with van der Waals surface area (Å²) in [5.41, 5.74) is 1.95. The molecule has 0 aromatic heterocycles. The van der Waals surface area contributed by atoms with Crippen LogP contribution in [0.2, 0.25) is 0 Å². The van der Waals surface area contributed by atoms with Crippen molar-refractivity contribution in [3.05, 3.63) is 75.8 Å². The number of non-ortho nitro benzene ring substituents is 1. The highest BCUT2D eigenvalue weighted by Crippen LogP contribution is 2.15. The van der Waals surface area contributed by atoms with E-state index in [0.717, 1.165) is 13.2 Å². The SMILES string of the molecule is COC(=O)C(CC(=O)c1cccc([N+](=O)[O-])c1)=NNC(=O)c1ccccc1. The fraction of sp³-hybridized carbons (Fsp3) is 0.111. The maximum atomic E-state index is 12.3. The standard InChI is InChI=1S/C18H15N3O6/c1-27-18(24)15(19-20-17(23)12-6-3-2-4-7-12)11-16(22)13-8-5-9-14(10-13)21(25)26/h2-10H,11H2,1H3,(H,20,23). The van der Waals surface area contributed by atoms with Crippen molar-refractivity contribution in [1.82, 2.24) is 5.43 Å². The summed E-state index contributed by atoms with van der Waals surface area (Å²) in [6.45, 7) is 0. The molecular formula is C18H15N3O6. The molecular weight excluding hydrogens is 354 g/mol. The number of esters is 1. The molecule has 2 aromatic rings. The monoisotopic (exact) mass is 369 g/mol. The van der Waals surface area contributed by atoms with Gasteiger partial charge in [0.1, 0.15) is 0 Å². The number of nitrogens with one attached hydrogen (secondary N) is 1. The Labute approximate surface area is 153 Å². The number of methoxy groups -OCH3 is 1. The number of hydrogen-bond acceptors (Lipinski definition) is 7. The van der Waals surface area contributed by atoms with Crippen molar-refractivity contribution in [2.75, 3.05) is 7.11 Å². The Morgan fingerprint density at radius 2 is 1.74 bits per heavy atom. The zero-order valence-corrected chi connectivity index (χ0v) is 14.2. The second kappa shape index (κ2) is 8.99. The normalized spacial score (nSPS) is 10.8. The highest BCUT2D eigenvalue weighted by atomic mass is 16.6. The van der Waals surface area contributed by atoms with E-state index >= 15 is 0 Å². The van der Waals surface area contributed by atoms with Gasteiger partial charge in [-0.3, -0.25) is 19.7 Å². The Balaban J connectivity index is 2.17. The van der Waals surface area contributed by atoms with Gasteiger partial charge in [-0.2, -0.15) is 5.10 Å². The molecule has 0 saturated heterocycles. The van der Waals surface area contributed by atoms with Crippen LogP contribution in [0.25, 0.3) is 0 Å². The lowest BCUT2D eigenvalue weighted by atomic mass is 10.1. The summed E-state index contributed by atoms with van der Waals surface area (Å²) < 4.78 is 4.57. The van der Waals surface area contributed by atoms with Gasteiger partial charge in [0, 0.05) is 23.3 Å². The third-order valence-corrected chi connectivity index (χ3v) is 3.46. The van der Waals surface area contributed by atoms with E-state index in [1.54, 1.807) is 30.3 Å². The van der Waals surface area contributed by atoms with Gasteiger partial charge in [-0.15, -0.1) is 0 Å². The second-order valence-corrected chi connectivity index (χ2v) is 5.26. The predicted molar refractivity (Wildman–Crippen MR) is 95.4 cm³/mol. The lowest BCUT2D eigenvalue weighted by Crippen LogP contribution is -2.26. The molecule has 0 aliphatic carbocycles. The second-order valence-electron chi connectivity index (χ2n) is 5.26. The number of nitro groups is 1. The summed E-state index contributed by atoms with van der Waals surface area (Å²) in [4.78, 5) is 46.4. The van der Waals surface area contributed by atoms with Crippen molar-refractivity contribution < 1.29 is 24.0 Å². The molecule has 0 aliphatic heterocycles. The first-order chi connectivity index (χ1) is 12.9. The quantitative estimate of drug-likeness (QED) is 0.262. The largest absolute Gasteiger partial charge is 0.464 e. The topological polar surface area (TPSA) is 128 Å². The van der Waals surface area contributed by atoms with Crippen molar-refractivity contribution in [2.24, 2.45) is 5.10 Å². The van der Waals surface area contributed by atoms with Crippen LogP contribution in [0.15, 0.2) is 59.7 Å². The number of hydrazone groups is 1. The van der Waals surface area contributed by atoms with E-state index in [9.17, 15) is 24.5 Å². The number of amides is 1. The Hall–Kier alpha value is -3.88. The predicted octanol–water partition coefficient (Wildman–Crippen LogP) is 2.13. The number of nitro benzene ring substituents is 1.